The molecule has 0 heterocycles. The molecule has 222 valence electrons. The summed E-state index contributed by atoms with van der Waals surface area (Å²) in [5.74, 6) is 2.49. The van der Waals surface area contributed by atoms with Gasteiger partial charge in [0.15, 0.2) is 5.78 Å². The minimum Gasteiger partial charge on any atom is -0.469 e. The molecule has 3 saturated carbocycles. The van der Waals surface area contributed by atoms with Crippen molar-refractivity contribution >= 4 is 20.1 Å². The molecule has 0 radical (unpaired) electrons. The summed E-state index contributed by atoms with van der Waals surface area (Å²) in [6, 6.07) is 0. The van der Waals surface area contributed by atoms with Crippen LogP contribution in [0.15, 0.2) is 11.6 Å². The van der Waals surface area contributed by atoms with E-state index in [2.05, 4.69) is 68.4 Å². The Morgan fingerprint density at radius 2 is 1.59 bits per heavy atom. The van der Waals surface area contributed by atoms with Crippen LogP contribution in [0.5, 0.6) is 0 Å². The normalized spacial score (nSPS) is 37.4. The van der Waals surface area contributed by atoms with Crippen molar-refractivity contribution < 1.29 is 18.8 Å². The predicted octanol–water partition coefficient (Wildman–Crippen LogP) is 8.89. The van der Waals surface area contributed by atoms with Crippen molar-refractivity contribution in [3.8, 4) is 0 Å². The van der Waals surface area contributed by atoms with Crippen molar-refractivity contribution in [3.63, 3.8) is 0 Å². The topological polar surface area (TPSA) is 52.6 Å². The van der Waals surface area contributed by atoms with E-state index in [9.17, 15) is 9.59 Å². The third-order valence-electron chi connectivity index (χ3n) is 12.8. The van der Waals surface area contributed by atoms with Crippen LogP contribution < -0.4 is 0 Å². The summed E-state index contributed by atoms with van der Waals surface area (Å²) in [6.45, 7) is 21.5. The average Bonchev–Trinajstić information content (AvgIpc) is 3.22. The van der Waals surface area contributed by atoms with Crippen LogP contribution in [0, 0.1) is 40.4 Å². The van der Waals surface area contributed by atoms with Gasteiger partial charge in [-0.25, -0.2) is 0 Å². The minimum atomic E-state index is -1.95. The number of esters is 1. The number of allylic oxidation sites excluding steroid dienone is 1. The number of carbonyl (C=O) groups excluding carboxylic acids is 2. The van der Waals surface area contributed by atoms with Gasteiger partial charge in [0.05, 0.1) is 7.11 Å². The molecule has 5 heteroatoms. The number of hydrogen-bond acceptors (Lipinski definition) is 4. The summed E-state index contributed by atoms with van der Waals surface area (Å²) < 4.78 is 12.2. The fourth-order valence-electron chi connectivity index (χ4n) is 10.8. The van der Waals surface area contributed by atoms with Gasteiger partial charge in [-0.3, -0.25) is 9.59 Å². The van der Waals surface area contributed by atoms with Crippen LogP contribution in [-0.4, -0.2) is 33.3 Å². The number of rotatable bonds is 9. The number of ether oxygens (including phenoxy) is 1. The van der Waals surface area contributed by atoms with Crippen LogP contribution in [0.1, 0.15) is 120 Å². The number of methoxy groups -OCH3 is 1. The smallest absolute Gasteiger partial charge is 0.305 e. The lowest BCUT2D eigenvalue weighted by molar-refractivity contribution is -0.141. The summed E-state index contributed by atoms with van der Waals surface area (Å²) in [7, 11) is -0.470. The lowest BCUT2D eigenvalue weighted by Crippen LogP contribution is -2.55. The zero-order valence-corrected chi connectivity index (χ0v) is 27.8. The Balaban J connectivity index is 1.54. The molecule has 4 rings (SSSR count). The van der Waals surface area contributed by atoms with Gasteiger partial charge in [0.25, 0.3) is 0 Å². The van der Waals surface area contributed by atoms with Gasteiger partial charge < -0.3 is 9.16 Å². The van der Waals surface area contributed by atoms with Crippen LogP contribution >= 0.6 is 0 Å². The van der Waals surface area contributed by atoms with Gasteiger partial charge in [0.2, 0.25) is 8.32 Å². The van der Waals surface area contributed by atoms with E-state index in [1.165, 1.54) is 25.5 Å². The van der Waals surface area contributed by atoms with E-state index in [1.807, 2.05) is 0 Å². The van der Waals surface area contributed by atoms with E-state index in [0.29, 0.717) is 52.5 Å². The zero-order chi connectivity index (χ0) is 28.9. The maximum Gasteiger partial charge on any atom is 0.305 e. The van der Waals surface area contributed by atoms with Crippen LogP contribution in [0.2, 0.25) is 16.6 Å². The van der Waals surface area contributed by atoms with Crippen molar-refractivity contribution in [1.29, 1.82) is 0 Å². The summed E-state index contributed by atoms with van der Waals surface area (Å²) in [5.41, 5.74) is 3.47. The molecule has 0 aromatic rings. The van der Waals surface area contributed by atoms with Gasteiger partial charge in [-0.1, -0.05) is 67.9 Å². The third-order valence-corrected chi connectivity index (χ3v) is 18.9. The molecule has 4 aliphatic carbocycles. The van der Waals surface area contributed by atoms with Gasteiger partial charge in [0, 0.05) is 18.4 Å². The molecule has 0 bridgehead atoms. The second kappa shape index (κ2) is 11.4. The molecule has 4 aliphatic rings. The largest absolute Gasteiger partial charge is 0.469 e. The number of carbonyl (C=O) groups is 2. The SMILES string of the molecule is COC(=O)CC[C@@H](C)[C@H]1CC[C@H]2[C@@H]3C(=O)C=C4C[C@@H](O[Si](C(C)C)(C(C)C)C(C)C)CC[C@]4(C)[C@H]3CC[C@]12C. The van der Waals surface area contributed by atoms with E-state index in [1.54, 1.807) is 0 Å². The number of ketones is 1. The standard InChI is InChI=1S/C34H58O4Si/c1-21(2)39(22(3)4,23(5)6)38-26-15-17-33(8)25(19-26)20-30(35)32-28-13-12-27(24(7)11-14-31(36)37-10)34(28,9)18-16-29(32)33/h20-24,26-29,32H,11-19H2,1-10H3/t24-,26+,27-,28+,29+,32+,33+,34-/m1/s1. The zero-order valence-electron chi connectivity index (χ0n) is 26.8. The van der Waals surface area contributed by atoms with Crippen molar-refractivity contribution in [2.45, 2.75) is 143 Å². The second-order valence-electron chi connectivity index (χ2n) is 15.3. The highest BCUT2D eigenvalue weighted by Gasteiger charge is 2.61. The molecule has 0 aromatic carbocycles. The van der Waals surface area contributed by atoms with Crippen molar-refractivity contribution in [2.75, 3.05) is 7.11 Å². The van der Waals surface area contributed by atoms with E-state index < -0.39 is 8.32 Å². The van der Waals surface area contributed by atoms with E-state index >= 15 is 0 Å². The first kappa shape index (κ1) is 31.0. The Bertz CT molecular complexity index is 931. The van der Waals surface area contributed by atoms with Gasteiger partial charge in [0.1, 0.15) is 0 Å². The lowest BCUT2D eigenvalue weighted by atomic mass is 9.46. The van der Waals surface area contributed by atoms with Crippen molar-refractivity contribution in [2.24, 2.45) is 40.4 Å². The fraction of sp³-hybridized carbons (Fsp3) is 0.882. The van der Waals surface area contributed by atoms with E-state index in [4.69, 9.17) is 9.16 Å². The first-order valence-corrected chi connectivity index (χ1v) is 18.4. The Kier molecular flexibility index (Phi) is 9.05. The Hall–Kier alpha value is -0.943. The Labute approximate surface area is 240 Å². The summed E-state index contributed by atoms with van der Waals surface area (Å²) in [4.78, 5) is 25.8. The minimum absolute atomic E-state index is 0.104. The quantitative estimate of drug-likeness (QED) is 0.209. The van der Waals surface area contributed by atoms with Crippen molar-refractivity contribution in [3.05, 3.63) is 11.6 Å². The van der Waals surface area contributed by atoms with Gasteiger partial charge in [-0.15, -0.1) is 0 Å². The number of fused-ring (bicyclic) bond motifs is 5. The molecule has 3 fully saturated rings. The lowest BCUT2D eigenvalue weighted by Gasteiger charge is -2.58. The van der Waals surface area contributed by atoms with Gasteiger partial charge in [-0.2, -0.15) is 0 Å². The van der Waals surface area contributed by atoms with Crippen LogP contribution in [-0.2, 0) is 18.8 Å². The van der Waals surface area contributed by atoms with Gasteiger partial charge in [-0.05, 0) is 109 Å². The fourth-order valence-corrected chi connectivity index (χ4v) is 16.4. The Morgan fingerprint density at radius 1 is 0.949 bits per heavy atom. The summed E-state index contributed by atoms with van der Waals surface area (Å²) in [6.07, 6.45) is 11.7. The molecule has 0 aliphatic heterocycles. The maximum absolute atomic E-state index is 14.0. The summed E-state index contributed by atoms with van der Waals surface area (Å²) >= 11 is 0. The monoisotopic (exact) mass is 558 g/mol. The highest BCUT2D eigenvalue weighted by atomic mass is 28.4. The highest BCUT2D eigenvalue weighted by molar-refractivity contribution is 6.77. The van der Waals surface area contributed by atoms with E-state index in [0.717, 1.165) is 38.5 Å². The van der Waals surface area contributed by atoms with Crippen LogP contribution in [0.4, 0.5) is 0 Å². The molecular formula is C34H58O4Si. The van der Waals surface area contributed by atoms with Crippen LogP contribution in [0.25, 0.3) is 0 Å². The molecule has 39 heavy (non-hydrogen) atoms. The van der Waals surface area contributed by atoms with Crippen LogP contribution in [0.3, 0.4) is 0 Å². The first-order chi connectivity index (χ1) is 18.2. The molecule has 0 spiro atoms. The van der Waals surface area contributed by atoms with Gasteiger partial charge >= 0.3 is 5.97 Å². The number of hydrogen-bond donors (Lipinski definition) is 0. The average molecular weight is 559 g/mol. The molecule has 0 saturated heterocycles. The first-order valence-electron chi connectivity index (χ1n) is 16.2. The van der Waals surface area contributed by atoms with E-state index in [-0.39, 0.29) is 28.8 Å². The molecule has 0 aromatic heterocycles. The van der Waals surface area contributed by atoms with Crippen molar-refractivity contribution in [1.82, 2.24) is 0 Å². The molecule has 4 nitrogen and oxygen atoms in total. The summed E-state index contributed by atoms with van der Waals surface area (Å²) in [5, 5.41) is 0. The molecular weight excluding hydrogens is 500 g/mol. The molecule has 0 amide bonds. The highest BCUT2D eigenvalue weighted by Crippen LogP contribution is 2.67. The molecule has 0 unspecified atom stereocenters. The predicted molar refractivity (Wildman–Crippen MR) is 162 cm³/mol. The maximum atomic E-state index is 14.0. The second-order valence-corrected chi connectivity index (χ2v) is 20.8. The molecule has 8 atom stereocenters. The molecule has 0 N–H and O–H groups in total. The Morgan fingerprint density at radius 3 is 2.18 bits per heavy atom. The third kappa shape index (κ3) is 5.15.